The number of nitrogens with zero attached hydrogens (tertiary/aromatic N) is 2. The summed E-state index contributed by atoms with van der Waals surface area (Å²) in [6, 6.07) is 0.681. The summed E-state index contributed by atoms with van der Waals surface area (Å²) in [5.74, 6) is 1.94. The maximum atomic E-state index is 14.1. The van der Waals surface area contributed by atoms with Gasteiger partial charge in [0.15, 0.2) is 0 Å². The third-order valence-corrected chi connectivity index (χ3v) is 15.7. The van der Waals surface area contributed by atoms with Gasteiger partial charge in [0.05, 0.1) is 17.6 Å². The van der Waals surface area contributed by atoms with E-state index in [1.165, 1.54) is 77.2 Å². The fraction of sp³-hybridized carbons (Fsp3) is 0.897. The van der Waals surface area contributed by atoms with E-state index in [1.807, 2.05) is 0 Å². The first kappa shape index (κ1) is 31.1. The highest BCUT2D eigenvalue weighted by Gasteiger charge is 2.86. The first-order valence-corrected chi connectivity index (χ1v) is 19.3. The highest BCUT2D eigenvalue weighted by Crippen LogP contribution is 2.84. The van der Waals surface area contributed by atoms with Gasteiger partial charge in [-0.15, -0.1) is 0 Å². The van der Waals surface area contributed by atoms with E-state index >= 15 is 0 Å². The molecule has 0 spiro atoms. The number of allylic oxidation sites excluding steroid dienone is 1. The normalized spacial score (nSPS) is 48.4. The summed E-state index contributed by atoms with van der Waals surface area (Å²) >= 11 is 0. The van der Waals surface area contributed by atoms with Crippen molar-refractivity contribution in [1.29, 1.82) is 0 Å². The number of hydrogen-bond acceptors (Lipinski definition) is 5. The van der Waals surface area contributed by atoms with Gasteiger partial charge < -0.3 is 14.6 Å². The molecule has 4 saturated carbocycles. The topological polar surface area (TPSA) is 70.1 Å². The minimum Gasteiger partial charge on any atom is -0.481 e. The number of carbonyl (C=O) groups excluding carboxylic acids is 1. The van der Waals surface area contributed by atoms with E-state index in [4.69, 9.17) is 4.74 Å². The van der Waals surface area contributed by atoms with Crippen LogP contribution in [0.3, 0.4) is 0 Å². The van der Waals surface area contributed by atoms with Gasteiger partial charge in [-0.05, 0) is 112 Å². The summed E-state index contributed by atoms with van der Waals surface area (Å²) in [6.07, 6.45) is 20.4. The predicted octanol–water partition coefficient (Wildman–Crippen LogP) is 6.83. The van der Waals surface area contributed by atoms with Gasteiger partial charge in [0.2, 0.25) is 0 Å². The monoisotopic (exact) mass is 620 g/mol. The Kier molecular flexibility index (Phi) is 7.89. The summed E-state index contributed by atoms with van der Waals surface area (Å²) in [5, 5.41) is 11.6. The quantitative estimate of drug-likeness (QED) is 0.225. The standard InChI is InChI=1S/C39H60N2O4/c1-25(2)33-19-29-20-37(24-42)32-12-11-26(3)31(32)21-38(29,39(33,37)36(43)44)35-18-28(17-27-9-5-6-10-27)34(45-35)23-40-16-13-30(22-40)41-14-7-4-8-15-41/h19,24-32,34-35H,4-18,20-23H2,1-3H3,(H,43,44)/t26-,28-,29?,30+,31-,32-,34+,35-,37?,38?,39+/m1/s1. The van der Waals surface area contributed by atoms with Crippen LogP contribution in [0.1, 0.15) is 111 Å². The molecule has 5 aliphatic carbocycles. The van der Waals surface area contributed by atoms with Crippen LogP contribution in [0.25, 0.3) is 0 Å². The average molecular weight is 621 g/mol. The lowest BCUT2D eigenvalue weighted by molar-refractivity contribution is -0.197. The van der Waals surface area contributed by atoms with Crippen molar-refractivity contribution in [2.24, 2.45) is 57.7 Å². The molecule has 3 saturated heterocycles. The second-order valence-electron chi connectivity index (χ2n) is 17.7. The molecule has 0 aromatic carbocycles. The molecule has 250 valence electrons. The zero-order chi connectivity index (χ0) is 31.1. The maximum Gasteiger partial charge on any atom is 0.315 e. The van der Waals surface area contributed by atoms with Gasteiger partial charge in [0.25, 0.3) is 0 Å². The molecule has 1 N–H and O–H groups in total. The second-order valence-corrected chi connectivity index (χ2v) is 17.7. The van der Waals surface area contributed by atoms with Crippen LogP contribution in [0.5, 0.6) is 0 Å². The maximum absolute atomic E-state index is 14.1. The molecule has 6 heteroatoms. The molecule has 11 atom stereocenters. The Labute approximate surface area is 272 Å². The van der Waals surface area contributed by atoms with Gasteiger partial charge in [0, 0.05) is 24.5 Å². The Morgan fingerprint density at radius 2 is 1.82 bits per heavy atom. The van der Waals surface area contributed by atoms with E-state index in [1.54, 1.807) is 0 Å². The van der Waals surface area contributed by atoms with E-state index < -0.39 is 22.2 Å². The first-order chi connectivity index (χ1) is 21.7. The Morgan fingerprint density at radius 3 is 2.53 bits per heavy atom. The molecule has 8 rings (SSSR count). The van der Waals surface area contributed by atoms with Crippen LogP contribution < -0.4 is 0 Å². The second kappa shape index (κ2) is 11.4. The Bertz CT molecular complexity index is 1190. The molecule has 7 fully saturated rings. The van der Waals surface area contributed by atoms with Gasteiger partial charge >= 0.3 is 5.97 Å². The van der Waals surface area contributed by atoms with Crippen molar-refractivity contribution in [3.63, 3.8) is 0 Å². The summed E-state index contributed by atoms with van der Waals surface area (Å²) in [5.41, 5.74) is -1.39. The van der Waals surface area contributed by atoms with Gasteiger partial charge in [0.1, 0.15) is 11.7 Å². The molecule has 8 aliphatic rings. The smallest absolute Gasteiger partial charge is 0.315 e. The van der Waals surface area contributed by atoms with Gasteiger partial charge in [-0.3, -0.25) is 14.6 Å². The fourth-order valence-electron chi connectivity index (χ4n) is 13.9. The number of ether oxygens (including phenoxy) is 1. The molecule has 0 aromatic rings. The number of likely N-dealkylation sites (tertiary alicyclic amines) is 2. The van der Waals surface area contributed by atoms with Crippen LogP contribution in [0.15, 0.2) is 11.6 Å². The third-order valence-electron chi connectivity index (χ3n) is 15.7. The highest BCUT2D eigenvalue weighted by molar-refractivity contribution is 5.90. The minimum absolute atomic E-state index is 0.0847. The Balaban J connectivity index is 1.14. The fourth-order valence-corrected chi connectivity index (χ4v) is 13.9. The van der Waals surface area contributed by atoms with Crippen LogP contribution in [0.2, 0.25) is 0 Å². The number of fused-ring (bicyclic) bond motifs is 2. The van der Waals surface area contributed by atoms with E-state index in [0.717, 1.165) is 56.8 Å². The van der Waals surface area contributed by atoms with Crippen LogP contribution in [0, 0.1) is 57.7 Å². The molecule has 0 aromatic heterocycles. The lowest BCUT2D eigenvalue weighted by Gasteiger charge is -2.60. The minimum atomic E-state index is -1.13. The van der Waals surface area contributed by atoms with Crippen molar-refractivity contribution in [1.82, 2.24) is 9.80 Å². The van der Waals surface area contributed by atoms with Crippen molar-refractivity contribution in [2.75, 3.05) is 32.7 Å². The molecule has 0 amide bonds. The molecule has 4 bridgehead atoms. The van der Waals surface area contributed by atoms with Crippen molar-refractivity contribution >= 4 is 12.3 Å². The Morgan fingerprint density at radius 1 is 1.04 bits per heavy atom. The zero-order valence-corrected chi connectivity index (χ0v) is 28.4. The number of aldehydes is 1. The van der Waals surface area contributed by atoms with E-state index in [9.17, 15) is 14.7 Å². The van der Waals surface area contributed by atoms with Crippen LogP contribution in [-0.4, -0.2) is 78.1 Å². The van der Waals surface area contributed by atoms with Crippen molar-refractivity contribution in [2.45, 2.75) is 129 Å². The number of carboxylic acid groups (broad SMARTS) is 1. The lowest BCUT2D eigenvalue weighted by atomic mass is 9.41. The molecule has 45 heavy (non-hydrogen) atoms. The number of aliphatic carboxylic acids is 1. The first-order valence-electron chi connectivity index (χ1n) is 19.3. The van der Waals surface area contributed by atoms with Crippen LogP contribution >= 0.6 is 0 Å². The number of rotatable bonds is 9. The summed E-state index contributed by atoms with van der Waals surface area (Å²) in [7, 11) is 0. The van der Waals surface area contributed by atoms with Crippen LogP contribution in [0.4, 0.5) is 0 Å². The molecule has 3 heterocycles. The average Bonchev–Trinajstić information content (AvgIpc) is 3.88. The molecule has 6 nitrogen and oxygen atoms in total. The molecule has 0 radical (unpaired) electrons. The van der Waals surface area contributed by atoms with Crippen LogP contribution in [-0.2, 0) is 14.3 Å². The van der Waals surface area contributed by atoms with E-state index in [0.29, 0.717) is 30.2 Å². The van der Waals surface area contributed by atoms with E-state index in [2.05, 4.69) is 36.6 Å². The molecular weight excluding hydrogens is 560 g/mol. The lowest BCUT2D eigenvalue weighted by Crippen LogP contribution is -2.65. The molecule has 3 unspecified atom stereocenters. The SMILES string of the molecule is CC(C)C1=CC2CC3(C=O)[C@@H]4CC[C@@H](C)[C@H]4CC2([C@H]2C[C@@H](CC4CCCC4)[C@H](CN4CC[C@H](N5CCCCC5)C4)O2)[C@]13C(=O)O. The van der Waals surface area contributed by atoms with Gasteiger partial charge in [-0.2, -0.15) is 0 Å². The van der Waals surface area contributed by atoms with Gasteiger partial charge in [-0.1, -0.05) is 70.9 Å². The molecule has 3 aliphatic heterocycles. The number of carboxylic acids is 1. The summed E-state index contributed by atoms with van der Waals surface area (Å²) < 4.78 is 7.48. The predicted molar refractivity (Wildman–Crippen MR) is 176 cm³/mol. The number of carbonyl (C=O) groups is 2. The largest absolute Gasteiger partial charge is 0.481 e. The summed E-state index contributed by atoms with van der Waals surface area (Å²) in [4.78, 5) is 33.2. The third kappa shape index (κ3) is 4.28. The number of piperidine rings is 1. The zero-order valence-electron chi connectivity index (χ0n) is 28.4. The van der Waals surface area contributed by atoms with Gasteiger partial charge in [-0.25, -0.2) is 0 Å². The van der Waals surface area contributed by atoms with Crippen molar-refractivity contribution < 1.29 is 19.4 Å². The number of hydrogen-bond donors (Lipinski definition) is 1. The highest BCUT2D eigenvalue weighted by atomic mass is 16.5. The van der Waals surface area contributed by atoms with E-state index in [-0.39, 0.29) is 30.0 Å². The van der Waals surface area contributed by atoms with Crippen molar-refractivity contribution in [3.8, 4) is 0 Å². The summed E-state index contributed by atoms with van der Waals surface area (Å²) in [6.45, 7) is 12.5. The Hall–Kier alpha value is -1.24. The van der Waals surface area contributed by atoms with Crippen molar-refractivity contribution in [3.05, 3.63) is 11.6 Å². The molecular formula is C39H60N2O4.